The minimum Gasteiger partial charge on any atom is -0.508 e. The quantitative estimate of drug-likeness (QED) is 0.512. The molecule has 0 amide bonds. The van der Waals surface area contributed by atoms with Crippen LogP contribution in [0.2, 0.25) is 0 Å². The molecule has 1 heterocycles. The molecule has 1 aromatic heterocycles. The molecule has 0 unspecified atom stereocenters. The SMILES string of the molecule is CCc1ccc2oc(Cc3ccccc3)c(S(=O)(=O)c3ccc(O)cc3)c2c1. The number of hydrogen-bond donors (Lipinski definition) is 1. The second-order valence-corrected chi connectivity index (χ2v) is 8.58. The fraction of sp³-hybridized carbons (Fsp3) is 0.130. The van der Waals surface area contributed by atoms with Crippen molar-refractivity contribution in [3.8, 4) is 5.75 Å². The van der Waals surface area contributed by atoms with Crippen LogP contribution in [0.25, 0.3) is 11.0 Å². The minimum atomic E-state index is -3.82. The molecular formula is C23H20O4S. The van der Waals surface area contributed by atoms with E-state index in [0.29, 0.717) is 23.2 Å². The molecule has 0 saturated heterocycles. The Morgan fingerprint density at radius 3 is 2.29 bits per heavy atom. The van der Waals surface area contributed by atoms with Gasteiger partial charge in [-0.05, 0) is 53.9 Å². The fourth-order valence-electron chi connectivity index (χ4n) is 3.33. The van der Waals surface area contributed by atoms with Gasteiger partial charge in [-0.2, -0.15) is 0 Å². The molecule has 0 saturated carbocycles. The Morgan fingerprint density at radius 2 is 1.61 bits per heavy atom. The number of sulfone groups is 1. The van der Waals surface area contributed by atoms with Crippen molar-refractivity contribution in [1.82, 2.24) is 0 Å². The summed E-state index contributed by atoms with van der Waals surface area (Å²) in [4.78, 5) is 0.330. The Morgan fingerprint density at radius 1 is 0.893 bits per heavy atom. The third kappa shape index (κ3) is 3.29. The molecule has 0 bridgehead atoms. The molecule has 0 atom stereocenters. The lowest BCUT2D eigenvalue weighted by molar-refractivity contribution is 0.475. The smallest absolute Gasteiger partial charge is 0.210 e. The number of fused-ring (bicyclic) bond motifs is 1. The van der Waals surface area contributed by atoms with Crippen molar-refractivity contribution in [2.75, 3.05) is 0 Å². The zero-order valence-electron chi connectivity index (χ0n) is 15.4. The first-order valence-electron chi connectivity index (χ1n) is 9.11. The molecule has 3 aromatic carbocycles. The lowest BCUT2D eigenvalue weighted by Crippen LogP contribution is -2.04. The van der Waals surface area contributed by atoms with Crippen LogP contribution in [0.15, 0.2) is 87.0 Å². The largest absolute Gasteiger partial charge is 0.508 e. The molecule has 0 fully saturated rings. The summed E-state index contributed by atoms with van der Waals surface area (Å²) < 4.78 is 33.0. The van der Waals surface area contributed by atoms with Crippen LogP contribution in [0.3, 0.4) is 0 Å². The number of phenols is 1. The van der Waals surface area contributed by atoms with Crippen LogP contribution in [0.5, 0.6) is 5.75 Å². The molecule has 4 nitrogen and oxygen atoms in total. The summed E-state index contributed by atoms with van der Waals surface area (Å²) in [5.41, 5.74) is 2.57. The van der Waals surface area contributed by atoms with Crippen molar-refractivity contribution in [1.29, 1.82) is 0 Å². The number of aryl methyl sites for hydroxylation is 1. The molecule has 0 spiro atoms. The number of rotatable bonds is 5. The van der Waals surface area contributed by atoms with Gasteiger partial charge in [0, 0.05) is 11.8 Å². The van der Waals surface area contributed by atoms with E-state index in [1.807, 2.05) is 55.5 Å². The Balaban J connectivity index is 1.95. The van der Waals surface area contributed by atoms with Gasteiger partial charge < -0.3 is 9.52 Å². The highest BCUT2D eigenvalue weighted by Crippen LogP contribution is 2.36. The summed E-state index contributed by atoms with van der Waals surface area (Å²) in [5, 5.41) is 10.1. The van der Waals surface area contributed by atoms with Crippen LogP contribution in [-0.4, -0.2) is 13.5 Å². The highest BCUT2D eigenvalue weighted by atomic mass is 32.2. The lowest BCUT2D eigenvalue weighted by atomic mass is 10.1. The van der Waals surface area contributed by atoms with E-state index in [4.69, 9.17) is 4.42 Å². The topological polar surface area (TPSA) is 67.5 Å². The molecule has 1 N–H and O–H groups in total. The summed E-state index contributed by atoms with van der Waals surface area (Å²) in [6, 6.07) is 20.9. The molecule has 142 valence electrons. The highest BCUT2D eigenvalue weighted by molar-refractivity contribution is 7.91. The van der Waals surface area contributed by atoms with Gasteiger partial charge in [0.1, 0.15) is 22.0 Å². The van der Waals surface area contributed by atoms with Gasteiger partial charge in [0.15, 0.2) is 0 Å². The molecule has 0 aliphatic heterocycles. The number of phenolic OH excluding ortho intramolecular Hbond substituents is 1. The van der Waals surface area contributed by atoms with E-state index in [1.165, 1.54) is 24.3 Å². The normalized spacial score (nSPS) is 11.8. The van der Waals surface area contributed by atoms with Crippen LogP contribution in [-0.2, 0) is 22.7 Å². The molecule has 4 aromatic rings. The number of furan rings is 1. The van der Waals surface area contributed by atoms with Crippen LogP contribution >= 0.6 is 0 Å². The zero-order valence-corrected chi connectivity index (χ0v) is 16.2. The Labute approximate surface area is 164 Å². The fourth-order valence-corrected chi connectivity index (χ4v) is 4.92. The van der Waals surface area contributed by atoms with Gasteiger partial charge in [0.05, 0.1) is 4.90 Å². The Bertz CT molecular complexity index is 1220. The first kappa shape index (κ1) is 18.3. The molecule has 5 heteroatoms. The molecule has 0 aliphatic carbocycles. The van der Waals surface area contributed by atoms with Crippen LogP contribution in [0.1, 0.15) is 23.8 Å². The third-order valence-electron chi connectivity index (χ3n) is 4.81. The van der Waals surface area contributed by atoms with E-state index in [0.717, 1.165) is 17.5 Å². The van der Waals surface area contributed by atoms with E-state index in [9.17, 15) is 13.5 Å². The second-order valence-electron chi connectivity index (χ2n) is 6.70. The molecular weight excluding hydrogens is 372 g/mol. The van der Waals surface area contributed by atoms with Gasteiger partial charge in [0.25, 0.3) is 0 Å². The predicted octanol–water partition coefficient (Wildman–Crippen LogP) is 5.12. The van der Waals surface area contributed by atoms with E-state index in [2.05, 4.69) is 0 Å². The second kappa shape index (κ2) is 7.17. The maximum Gasteiger partial charge on any atom is 0.210 e. The summed E-state index contributed by atoms with van der Waals surface area (Å²) in [6.07, 6.45) is 1.18. The van der Waals surface area contributed by atoms with E-state index >= 15 is 0 Å². The van der Waals surface area contributed by atoms with Crippen molar-refractivity contribution in [3.63, 3.8) is 0 Å². The van der Waals surface area contributed by atoms with Crippen molar-refractivity contribution in [2.24, 2.45) is 0 Å². The number of hydrogen-bond acceptors (Lipinski definition) is 4. The monoisotopic (exact) mass is 392 g/mol. The summed E-state index contributed by atoms with van der Waals surface area (Å²) in [7, 11) is -3.82. The Hall–Kier alpha value is -3.05. The zero-order chi connectivity index (χ0) is 19.7. The lowest BCUT2D eigenvalue weighted by Gasteiger charge is -2.07. The van der Waals surface area contributed by atoms with Gasteiger partial charge in [-0.3, -0.25) is 0 Å². The Kier molecular flexibility index (Phi) is 4.69. The van der Waals surface area contributed by atoms with E-state index in [1.54, 1.807) is 0 Å². The minimum absolute atomic E-state index is 0.0220. The summed E-state index contributed by atoms with van der Waals surface area (Å²) in [6.45, 7) is 2.03. The van der Waals surface area contributed by atoms with Crippen LogP contribution in [0.4, 0.5) is 0 Å². The number of benzene rings is 3. The molecule has 28 heavy (non-hydrogen) atoms. The van der Waals surface area contributed by atoms with E-state index < -0.39 is 9.84 Å². The average molecular weight is 392 g/mol. The average Bonchev–Trinajstić information content (AvgIpc) is 3.06. The van der Waals surface area contributed by atoms with Crippen molar-refractivity contribution >= 4 is 20.8 Å². The summed E-state index contributed by atoms with van der Waals surface area (Å²) in [5.74, 6) is 0.441. The molecule has 4 rings (SSSR count). The predicted molar refractivity (Wildman–Crippen MR) is 108 cm³/mol. The molecule has 0 radical (unpaired) electrons. The van der Waals surface area contributed by atoms with Crippen LogP contribution in [0, 0.1) is 0 Å². The first-order valence-corrected chi connectivity index (χ1v) is 10.6. The maximum atomic E-state index is 13.5. The van der Waals surface area contributed by atoms with Crippen molar-refractivity contribution in [3.05, 3.63) is 89.7 Å². The van der Waals surface area contributed by atoms with Crippen molar-refractivity contribution < 1.29 is 17.9 Å². The molecule has 0 aliphatic rings. The third-order valence-corrected chi connectivity index (χ3v) is 6.68. The van der Waals surface area contributed by atoms with Crippen molar-refractivity contribution in [2.45, 2.75) is 29.6 Å². The van der Waals surface area contributed by atoms with Crippen LogP contribution < -0.4 is 0 Å². The van der Waals surface area contributed by atoms with E-state index in [-0.39, 0.29) is 15.5 Å². The number of aromatic hydroxyl groups is 1. The first-order chi connectivity index (χ1) is 13.5. The van der Waals surface area contributed by atoms with Gasteiger partial charge in [0.2, 0.25) is 9.84 Å². The standard InChI is InChI=1S/C23H20O4S/c1-2-16-8-13-21-20(14-16)23(22(27-21)15-17-6-4-3-5-7-17)28(25,26)19-11-9-18(24)10-12-19/h3-14,24H,2,15H2,1H3. The van der Waals surface area contributed by atoms with Gasteiger partial charge in [-0.25, -0.2) is 8.42 Å². The summed E-state index contributed by atoms with van der Waals surface area (Å²) >= 11 is 0. The van der Waals surface area contributed by atoms with Gasteiger partial charge in [-0.15, -0.1) is 0 Å². The van der Waals surface area contributed by atoms with Gasteiger partial charge >= 0.3 is 0 Å². The highest BCUT2D eigenvalue weighted by Gasteiger charge is 2.28. The van der Waals surface area contributed by atoms with Gasteiger partial charge in [-0.1, -0.05) is 43.3 Å². The maximum absolute atomic E-state index is 13.5.